The normalized spacial score (nSPS) is 12.4. The Morgan fingerprint density at radius 3 is 2.41 bits per heavy atom. The van der Waals surface area contributed by atoms with Crippen molar-refractivity contribution in [2.24, 2.45) is 0 Å². The summed E-state index contributed by atoms with van der Waals surface area (Å²) in [4.78, 5) is 15.5. The second kappa shape index (κ2) is 8.51. The number of rotatable bonds is 0. The summed E-state index contributed by atoms with van der Waals surface area (Å²) < 4.78 is 5.68. The van der Waals surface area contributed by atoms with Crippen LogP contribution in [0.2, 0.25) is 0 Å². The fourth-order valence-corrected chi connectivity index (χ4v) is 2.10. The molecule has 22 heavy (non-hydrogen) atoms. The maximum Gasteiger partial charge on any atom is 0.227 e. The van der Waals surface area contributed by atoms with Gasteiger partial charge in [0.05, 0.1) is 12.1 Å². The van der Waals surface area contributed by atoms with Crippen molar-refractivity contribution >= 4 is 16.7 Å². The molecule has 0 aliphatic carbocycles. The molecule has 5 heteroatoms. The van der Waals surface area contributed by atoms with Gasteiger partial charge in [0.2, 0.25) is 5.88 Å². The van der Waals surface area contributed by atoms with Gasteiger partial charge in [-0.25, -0.2) is 15.0 Å². The number of likely N-dealkylation sites (N-methyl/N-ethyl adjacent to an activating group) is 1. The van der Waals surface area contributed by atoms with E-state index in [9.17, 15) is 0 Å². The molecule has 0 spiro atoms. The lowest BCUT2D eigenvalue weighted by Crippen LogP contribution is -2.22. The molecule has 0 saturated carbocycles. The minimum absolute atomic E-state index is 0.622. The van der Waals surface area contributed by atoms with Crippen LogP contribution in [0.15, 0.2) is 6.07 Å². The highest BCUT2D eigenvalue weighted by molar-refractivity contribution is 5.94. The molecule has 0 unspecified atom stereocenters. The van der Waals surface area contributed by atoms with Gasteiger partial charge in [0.1, 0.15) is 23.6 Å². The number of ether oxygens (including phenoxy) is 1. The second-order valence-electron chi connectivity index (χ2n) is 5.03. The molecule has 0 amide bonds. The molecular formula is C17H28N4O. The molecule has 0 radical (unpaired) electrons. The quantitative estimate of drug-likeness (QED) is 0.738. The Morgan fingerprint density at radius 2 is 1.77 bits per heavy atom. The molecule has 2 aromatic heterocycles. The first-order valence-electron chi connectivity index (χ1n) is 8.06. The molecule has 5 nitrogen and oxygen atoms in total. The highest BCUT2D eigenvalue weighted by atomic mass is 16.5. The third kappa shape index (κ3) is 4.06. The van der Waals surface area contributed by atoms with Gasteiger partial charge in [-0.05, 0) is 19.9 Å². The SMILES string of the molecule is CC.CCC.Cc1cc2nc(C)nc3c2c(n1)OCCN3C. The van der Waals surface area contributed by atoms with Crippen molar-refractivity contribution in [3.05, 3.63) is 17.6 Å². The minimum atomic E-state index is 0.622. The summed E-state index contributed by atoms with van der Waals surface area (Å²) in [5.74, 6) is 2.34. The molecule has 1 aliphatic rings. The lowest BCUT2D eigenvalue weighted by molar-refractivity contribution is 0.321. The topological polar surface area (TPSA) is 51.1 Å². The monoisotopic (exact) mass is 304 g/mol. The summed E-state index contributed by atoms with van der Waals surface area (Å²) in [5.41, 5.74) is 1.82. The Bertz CT molecular complexity index is 608. The van der Waals surface area contributed by atoms with Crippen LogP contribution >= 0.6 is 0 Å². The van der Waals surface area contributed by atoms with Crippen molar-refractivity contribution in [3.8, 4) is 5.88 Å². The van der Waals surface area contributed by atoms with Gasteiger partial charge in [0, 0.05) is 12.7 Å². The second-order valence-corrected chi connectivity index (χ2v) is 5.03. The van der Waals surface area contributed by atoms with Gasteiger partial charge in [0.15, 0.2) is 0 Å². The first kappa shape index (κ1) is 18.1. The van der Waals surface area contributed by atoms with Crippen LogP contribution in [-0.4, -0.2) is 35.2 Å². The smallest absolute Gasteiger partial charge is 0.227 e. The zero-order valence-electron chi connectivity index (χ0n) is 14.9. The van der Waals surface area contributed by atoms with E-state index in [1.54, 1.807) is 0 Å². The van der Waals surface area contributed by atoms with Crippen LogP contribution in [0.25, 0.3) is 10.9 Å². The largest absolute Gasteiger partial charge is 0.475 e. The van der Waals surface area contributed by atoms with Crippen LogP contribution in [0.4, 0.5) is 5.82 Å². The Hall–Kier alpha value is -1.91. The van der Waals surface area contributed by atoms with Crippen molar-refractivity contribution in [1.29, 1.82) is 0 Å². The van der Waals surface area contributed by atoms with Crippen LogP contribution in [0.1, 0.15) is 45.6 Å². The van der Waals surface area contributed by atoms with E-state index in [4.69, 9.17) is 4.74 Å². The van der Waals surface area contributed by atoms with Gasteiger partial charge in [-0.2, -0.15) is 0 Å². The number of nitrogens with zero attached hydrogens (tertiary/aromatic N) is 4. The number of hydrogen-bond acceptors (Lipinski definition) is 5. The van der Waals surface area contributed by atoms with Crippen molar-refractivity contribution in [2.45, 2.75) is 48.0 Å². The molecule has 0 bridgehead atoms. The van der Waals surface area contributed by atoms with Crippen LogP contribution in [0.3, 0.4) is 0 Å². The Labute approximate surface area is 133 Å². The van der Waals surface area contributed by atoms with Crippen LogP contribution in [0, 0.1) is 13.8 Å². The van der Waals surface area contributed by atoms with E-state index in [2.05, 4.69) is 33.7 Å². The molecule has 2 aromatic rings. The summed E-state index contributed by atoms with van der Waals surface area (Å²) in [5, 5.41) is 0.918. The Morgan fingerprint density at radius 1 is 1.14 bits per heavy atom. The maximum absolute atomic E-state index is 5.68. The summed E-state index contributed by atoms with van der Waals surface area (Å²) in [7, 11) is 2.01. The van der Waals surface area contributed by atoms with Gasteiger partial charge in [-0.15, -0.1) is 0 Å². The molecule has 3 heterocycles. The lowest BCUT2D eigenvalue weighted by Gasteiger charge is -2.16. The first-order chi connectivity index (χ1) is 10.6. The summed E-state index contributed by atoms with van der Waals surface area (Å²) in [6, 6.07) is 1.97. The predicted octanol–water partition coefficient (Wildman–Crippen LogP) is 3.91. The van der Waals surface area contributed by atoms with Crippen molar-refractivity contribution in [2.75, 3.05) is 25.1 Å². The maximum atomic E-state index is 5.68. The highest BCUT2D eigenvalue weighted by Crippen LogP contribution is 2.32. The number of aryl methyl sites for hydroxylation is 2. The zero-order chi connectivity index (χ0) is 16.7. The number of hydrogen-bond donors (Lipinski definition) is 0. The van der Waals surface area contributed by atoms with E-state index in [-0.39, 0.29) is 0 Å². The third-order valence-corrected chi connectivity index (χ3v) is 2.89. The third-order valence-electron chi connectivity index (χ3n) is 2.89. The first-order valence-corrected chi connectivity index (χ1v) is 8.06. The molecule has 0 N–H and O–H groups in total. The van der Waals surface area contributed by atoms with Crippen molar-refractivity contribution in [3.63, 3.8) is 0 Å². The number of pyridine rings is 1. The standard InChI is InChI=1S/C12H14N4O.C3H8.C2H6/c1-7-6-9-10-11(15-8(2)14-9)16(3)4-5-17-12(10)13-7;1-3-2;1-2/h6H,4-5H2,1-3H3;3H2,1-2H3;1-2H3. The number of aromatic nitrogens is 3. The van der Waals surface area contributed by atoms with Gasteiger partial charge >= 0.3 is 0 Å². The fourth-order valence-electron chi connectivity index (χ4n) is 2.10. The highest BCUT2D eigenvalue weighted by Gasteiger charge is 2.19. The van der Waals surface area contributed by atoms with Gasteiger partial charge < -0.3 is 9.64 Å². The van der Waals surface area contributed by atoms with Gasteiger partial charge in [-0.3, -0.25) is 0 Å². The van der Waals surface area contributed by atoms with E-state index in [1.807, 2.05) is 40.8 Å². The van der Waals surface area contributed by atoms with E-state index in [1.165, 1.54) is 6.42 Å². The van der Waals surface area contributed by atoms with E-state index in [0.717, 1.165) is 34.8 Å². The molecule has 0 saturated heterocycles. The summed E-state index contributed by atoms with van der Waals surface area (Å²) >= 11 is 0. The van der Waals surface area contributed by atoms with Crippen molar-refractivity contribution in [1.82, 2.24) is 15.0 Å². The molecule has 0 fully saturated rings. The molecule has 0 aromatic carbocycles. The van der Waals surface area contributed by atoms with Crippen LogP contribution in [0.5, 0.6) is 5.88 Å². The zero-order valence-corrected chi connectivity index (χ0v) is 14.9. The summed E-state index contributed by atoms with van der Waals surface area (Å²) in [6.07, 6.45) is 1.25. The van der Waals surface area contributed by atoms with Gasteiger partial charge in [0.25, 0.3) is 0 Å². The van der Waals surface area contributed by atoms with E-state index < -0.39 is 0 Å². The fraction of sp³-hybridized carbons (Fsp3) is 0.588. The molecule has 3 rings (SSSR count). The summed E-state index contributed by atoms with van der Waals surface area (Å²) in [6.45, 7) is 13.5. The van der Waals surface area contributed by atoms with E-state index >= 15 is 0 Å². The molecular weight excluding hydrogens is 276 g/mol. The van der Waals surface area contributed by atoms with Crippen LogP contribution < -0.4 is 9.64 Å². The Kier molecular flexibility index (Phi) is 7.02. The van der Waals surface area contributed by atoms with Gasteiger partial charge in [-0.1, -0.05) is 34.1 Å². The lowest BCUT2D eigenvalue weighted by atomic mass is 10.2. The van der Waals surface area contributed by atoms with Crippen molar-refractivity contribution < 1.29 is 4.74 Å². The average molecular weight is 304 g/mol. The average Bonchev–Trinajstić information content (AvgIpc) is 2.62. The molecule has 122 valence electrons. The van der Waals surface area contributed by atoms with Crippen LogP contribution in [-0.2, 0) is 0 Å². The minimum Gasteiger partial charge on any atom is -0.475 e. The van der Waals surface area contributed by atoms with E-state index in [0.29, 0.717) is 12.5 Å². The Balaban J connectivity index is 0.000000435. The molecule has 0 atom stereocenters. The number of anilines is 1. The molecule has 1 aliphatic heterocycles. The predicted molar refractivity (Wildman–Crippen MR) is 92.9 cm³/mol.